The number of nitrogen functional groups attached to an aromatic ring is 1. The summed E-state index contributed by atoms with van der Waals surface area (Å²) in [4.78, 5) is 11.6. The molecule has 0 atom stereocenters. The summed E-state index contributed by atoms with van der Waals surface area (Å²) in [7, 11) is -3.10. The highest BCUT2D eigenvalue weighted by molar-refractivity contribution is 7.90. The fraction of sp³-hybridized carbons (Fsp3) is 0.364. The van der Waals surface area contributed by atoms with Gasteiger partial charge in [0.05, 0.1) is 5.75 Å². The van der Waals surface area contributed by atoms with Gasteiger partial charge in [0.1, 0.15) is 15.5 Å². The van der Waals surface area contributed by atoms with E-state index in [1.807, 2.05) is 5.43 Å². The number of nitrogens with one attached hydrogen (secondary N) is 2. The molecule has 0 saturated carbocycles. The van der Waals surface area contributed by atoms with Gasteiger partial charge in [-0.2, -0.15) is 0 Å². The molecule has 0 aromatic heterocycles. The van der Waals surface area contributed by atoms with Gasteiger partial charge >= 0.3 is 0 Å². The topological polar surface area (TPSA) is 101 Å². The Balaban J connectivity index is 2.65. The lowest BCUT2D eigenvalue weighted by atomic mass is 10.1. The van der Waals surface area contributed by atoms with E-state index in [0.29, 0.717) is 0 Å². The third kappa shape index (κ3) is 4.74. The lowest BCUT2D eigenvalue weighted by Crippen LogP contribution is -2.26. The van der Waals surface area contributed by atoms with Crippen LogP contribution in [0.25, 0.3) is 0 Å². The molecule has 0 spiro atoms. The van der Waals surface area contributed by atoms with E-state index < -0.39 is 33.1 Å². The molecular formula is C11H15F2N3O3S. The van der Waals surface area contributed by atoms with Crippen LogP contribution in [-0.4, -0.2) is 32.9 Å². The van der Waals surface area contributed by atoms with Crippen molar-refractivity contribution in [1.29, 1.82) is 0 Å². The number of hydrogen-bond donors (Lipinski definition) is 3. The Labute approximate surface area is 115 Å². The summed E-state index contributed by atoms with van der Waals surface area (Å²) < 4.78 is 48.5. The number of carbonyl (C=O) groups excluding carboxylic acids is 1. The molecule has 6 nitrogen and oxygen atoms in total. The first-order valence-electron chi connectivity index (χ1n) is 5.66. The van der Waals surface area contributed by atoms with E-state index in [2.05, 4.69) is 5.32 Å². The maximum atomic E-state index is 13.4. The Hall–Kier alpha value is -1.74. The van der Waals surface area contributed by atoms with Crippen LogP contribution in [0.4, 0.5) is 14.5 Å². The zero-order valence-electron chi connectivity index (χ0n) is 10.7. The lowest BCUT2D eigenvalue weighted by Gasteiger charge is -2.08. The van der Waals surface area contributed by atoms with Crippen LogP contribution in [-0.2, 0) is 9.84 Å². The normalized spacial score (nSPS) is 11.2. The molecule has 0 unspecified atom stereocenters. The summed E-state index contributed by atoms with van der Waals surface area (Å²) >= 11 is 0. The van der Waals surface area contributed by atoms with Crippen LogP contribution in [0.3, 0.4) is 0 Å². The minimum Gasteiger partial charge on any atom is -0.352 e. The molecule has 4 N–H and O–H groups in total. The maximum absolute atomic E-state index is 13.4. The Kier molecular flexibility index (Phi) is 5.40. The summed E-state index contributed by atoms with van der Waals surface area (Å²) in [5.41, 5.74) is 1.11. The van der Waals surface area contributed by atoms with Gasteiger partial charge in [-0.15, -0.1) is 0 Å². The molecule has 112 valence electrons. The number of halogens is 2. The highest BCUT2D eigenvalue weighted by Crippen LogP contribution is 2.19. The Morgan fingerprint density at radius 2 is 1.85 bits per heavy atom. The van der Waals surface area contributed by atoms with Crippen molar-refractivity contribution in [2.45, 2.75) is 6.42 Å². The average molecular weight is 307 g/mol. The molecule has 0 radical (unpaired) electrons. The first-order valence-corrected chi connectivity index (χ1v) is 7.72. The molecule has 1 amide bonds. The second kappa shape index (κ2) is 6.62. The monoisotopic (exact) mass is 307 g/mol. The molecular weight excluding hydrogens is 292 g/mol. The molecule has 0 fully saturated rings. The number of hydrogen-bond acceptors (Lipinski definition) is 5. The summed E-state index contributed by atoms with van der Waals surface area (Å²) in [6, 6.07) is 1.67. The Morgan fingerprint density at radius 3 is 2.30 bits per heavy atom. The fourth-order valence-corrected chi connectivity index (χ4v) is 2.15. The van der Waals surface area contributed by atoms with Gasteiger partial charge in [-0.3, -0.25) is 10.6 Å². The number of rotatable bonds is 6. The summed E-state index contributed by atoms with van der Waals surface area (Å²) in [5.74, 6) is 2.17. The Morgan fingerprint density at radius 1 is 1.30 bits per heavy atom. The van der Waals surface area contributed by atoms with Crippen molar-refractivity contribution < 1.29 is 22.0 Å². The molecule has 1 aromatic rings. The summed E-state index contributed by atoms with van der Waals surface area (Å²) in [5, 5.41) is 2.38. The molecule has 0 heterocycles. The van der Waals surface area contributed by atoms with Crippen molar-refractivity contribution in [3.05, 3.63) is 29.3 Å². The predicted molar refractivity (Wildman–Crippen MR) is 70.8 cm³/mol. The molecule has 0 bridgehead atoms. The van der Waals surface area contributed by atoms with Crippen molar-refractivity contribution in [3.63, 3.8) is 0 Å². The summed E-state index contributed by atoms with van der Waals surface area (Å²) in [6.45, 7) is 0.0893. The number of anilines is 1. The first kappa shape index (κ1) is 16.3. The van der Waals surface area contributed by atoms with Gasteiger partial charge in [0.25, 0.3) is 5.91 Å². The van der Waals surface area contributed by atoms with Gasteiger partial charge < -0.3 is 10.7 Å². The number of sulfone groups is 1. The van der Waals surface area contributed by atoms with Crippen LogP contribution >= 0.6 is 0 Å². The molecule has 1 aromatic carbocycles. The molecule has 0 saturated heterocycles. The number of nitrogens with two attached hydrogens (primary N) is 1. The van der Waals surface area contributed by atoms with Crippen molar-refractivity contribution in [1.82, 2.24) is 5.32 Å². The molecule has 0 aliphatic rings. The van der Waals surface area contributed by atoms with Crippen LogP contribution in [0.15, 0.2) is 12.1 Å². The molecule has 20 heavy (non-hydrogen) atoms. The minimum atomic E-state index is -3.10. The number of carbonyl (C=O) groups is 1. The van der Waals surface area contributed by atoms with E-state index >= 15 is 0 Å². The van der Waals surface area contributed by atoms with Gasteiger partial charge in [0.2, 0.25) is 0 Å². The van der Waals surface area contributed by atoms with Crippen LogP contribution < -0.4 is 16.6 Å². The average Bonchev–Trinajstić information content (AvgIpc) is 2.32. The number of hydrazine groups is 1. The smallest absolute Gasteiger partial charge is 0.251 e. The quantitative estimate of drug-likeness (QED) is 0.401. The van der Waals surface area contributed by atoms with Gasteiger partial charge in [-0.05, 0) is 18.6 Å². The largest absolute Gasteiger partial charge is 0.352 e. The highest BCUT2D eigenvalue weighted by Gasteiger charge is 2.14. The zero-order chi connectivity index (χ0) is 15.3. The summed E-state index contributed by atoms with van der Waals surface area (Å²) in [6.07, 6.45) is 1.30. The minimum absolute atomic E-state index is 0.0773. The third-order valence-corrected chi connectivity index (χ3v) is 3.46. The van der Waals surface area contributed by atoms with Gasteiger partial charge in [0, 0.05) is 18.4 Å². The third-order valence-electron chi connectivity index (χ3n) is 2.43. The van der Waals surface area contributed by atoms with Crippen LogP contribution in [0.1, 0.15) is 16.8 Å². The van der Waals surface area contributed by atoms with Crippen LogP contribution in [0.5, 0.6) is 0 Å². The van der Waals surface area contributed by atoms with Crippen molar-refractivity contribution in [2.24, 2.45) is 5.84 Å². The zero-order valence-corrected chi connectivity index (χ0v) is 11.6. The SMILES string of the molecule is CS(=O)(=O)CCCNC(=O)c1cc(F)c(NN)c(F)c1. The number of amides is 1. The molecule has 1 rings (SSSR count). The van der Waals surface area contributed by atoms with E-state index in [-0.39, 0.29) is 24.3 Å². The second-order valence-electron chi connectivity index (χ2n) is 4.20. The van der Waals surface area contributed by atoms with Crippen molar-refractivity contribution in [3.8, 4) is 0 Å². The van der Waals surface area contributed by atoms with E-state index in [1.54, 1.807) is 0 Å². The van der Waals surface area contributed by atoms with Crippen LogP contribution in [0, 0.1) is 11.6 Å². The van der Waals surface area contributed by atoms with E-state index in [4.69, 9.17) is 5.84 Å². The molecule has 0 aliphatic heterocycles. The van der Waals surface area contributed by atoms with Gasteiger partial charge in [-0.1, -0.05) is 0 Å². The maximum Gasteiger partial charge on any atom is 0.251 e. The highest BCUT2D eigenvalue weighted by atomic mass is 32.2. The van der Waals surface area contributed by atoms with E-state index in [1.165, 1.54) is 0 Å². The molecule has 9 heteroatoms. The van der Waals surface area contributed by atoms with E-state index in [9.17, 15) is 22.0 Å². The van der Waals surface area contributed by atoms with Crippen molar-refractivity contribution >= 4 is 21.4 Å². The Bertz CT molecular complexity index is 582. The number of benzene rings is 1. The first-order chi connectivity index (χ1) is 9.24. The molecule has 0 aliphatic carbocycles. The van der Waals surface area contributed by atoms with Gasteiger partial charge in [0.15, 0.2) is 11.6 Å². The van der Waals surface area contributed by atoms with Gasteiger partial charge in [-0.25, -0.2) is 17.2 Å². The second-order valence-corrected chi connectivity index (χ2v) is 6.46. The fourth-order valence-electron chi connectivity index (χ4n) is 1.48. The predicted octanol–water partition coefficient (Wildman–Crippen LogP) is 0.415. The van der Waals surface area contributed by atoms with Crippen LogP contribution in [0.2, 0.25) is 0 Å². The lowest BCUT2D eigenvalue weighted by molar-refractivity contribution is 0.0953. The standard InChI is InChI=1S/C11H15F2N3O3S/c1-20(18,19)4-2-3-15-11(17)7-5-8(12)10(16-14)9(13)6-7/h5-6,16H,2-4,14H2,1H3,(H,15,17). The van der Waals surface area contributed by atoms with Crippen molar-refractivity contribution in [2.75, 3.05) is 24.0 Å². The van der Waals surface area contributed by atoms with E-state index in [0.717, 1.165) is 18.4 Å².